The fourth-order valence-corrected chi connectivity index (χ4v) is 0.180. The van der Waals surface area contributed by atoms with E-state index in [0.717, 1.165) is 0 Å². The predicted octanol–water partition coefficient (Wildman–Crippen LogP) is -0.516. The first-order valence-electron chi connectivity index (χ1n) is 2.03. The fourth-order valence-electron chi connectivity index (χ4n) is 0.180. The van der Waals surface area contributed by atoms with Crippen LogP contribution >= 0.6 is 0 Å². The van der Waals surface area contributed by atoms with Gasteiger partial charge in [-0.3, -0.25) is 0 Å². The van der Waals surface area contributed by atoms with Crippen LogP contribution in [0.3, 0.4) is 0 Å². The minimum atomic E-state index is -1.65. The molecule has 0 saturated heterocycles. The van der Waals surface area contributed by atoms with Gasteiger partial charge in [0.2, 0.25) is 0 Å². The molecule has 0 aromatic rings. The Morgan fingerprint density at radius 1 is 1.88 bits per heavy atom. The molecule has 0 spiro atoms. The van der Waals surface area contributed by atoms with Crippen molar-refractivity contribution in [2.24, 2.45) is 5.73 Å². The minimum Gasteiger partial charge on any atom is -0.318 e. The van der Waals surface area contributed by atoms with Crippen molar-refractivity contribution >= 4 is 6.29 Å². The van der Waals surface area contributed by atoms with Gasteiger partial charge in [0.15, 0.2) is 6.17 Å². The van der Waals surface area contributed by atoms with Gasteiger partial charge in [-0.15, -0.1) is 6.42 Å². The largest absolute Gasteiger partial charge is 0.318 e. The molecule has 0 radical (unpaired) electrons. The zero-order valence-electron chi connectivity index (χ0n) is 4.17. The molecule has 0 fully saturated rings. The summed E-state index contributed by atoms with van der Waals surface area (Å²) in [7, 11) is 0. The lowest BCUT2D eigenvalue weighted by molar-refractivity contribution is -0.109. The first kappa shape index (κ1) is 7.12. The first-order chi connectivity index (χ1) is 3.72. The van der Waals surface area contributed by atoms with E-state index < -0.39 is 12.2 Å². The Morgan fingerprint density at radius 3 is 2.50 bits per heavy atom. The topological polar surface area (TPSA) is 43.1 Å². The summed E-state index contributed by atoms with van der Waals surface area (Å²) in [5.41, 5.74) is 4.84. The number of terminal acetylenes is 1. The van der Waals surface area contributed by atoms with Crippen LogP contribution in [0.2, 0.25) is 0 Å². The summed E-state index contributed by atoms with van der Waals surface area (Å²) in [5, 5.41) is 0. The van der Waals surface area contributed by atoms with Gasteiger partial charge in [0.05, 0.1) is 0 Å². The van der Waals surface area contributed by atoms with Crippen LogP contribution in [0.5, 0.6) is 0 Å². The third kappa shape index (κ3) is 1.71. The Bertz CT molecular complexity index is 118. The van der Waals surface area contributed by atoms with E-state index in [2.05, 4.69) is 6.42 Å². The summed E-state index contributed by atoms with van der Waals surface area (Å²) < 4.78 is 11.9. The number of nitrogens with two attached hydrogens (primary N) is 1. The van der Waals surface area contributed by atoms with Gasteiger partial charge < -0.3 is 10.5 Å². The molecule has 0 bridgehead atoms. The Balaban J connectivity index is 3.66. The van der Waals surface area contributed by atoms with Gasteiger partial charge in [0.25, 0.3) is 0 Å². The van der Waals surface area contributed by atoms with Gasteiger partial charge in [-0.25, -0.2) is 4.39 Å². The van der Waals surface area contributed by atoms with E-state index in [1.165, 1.54) is 0 Å². The molecule has 0 amide bonds. The monoisotopic (exact) mass is 115 g/mol. The number of carbonyl (C=O) groups excluding carboxylic acids is 1. The zero-order chi connectivity index (χ0) is 6.57. The van der Waals surface area contributed by atoms with Gasteiger partial charge in [-0.05, 0) is 0 Å². The molecule has 8 heavy (non-hydrogen) atoms. The van der Waals surface area contributed by atoms with Crippen LogP contribution in [-0.2, 0) is 4.79 Å². The van der Waals surface area contributed by atoms with Crippen LogP contribution in [-0.4, -0.2) is 18.5 Å². The summed E-state index contributed by atoms with van der Waals surface area (Å²) in [5.74, 6) is 1.69. The molecule has 0 rings (SSSR count). The highest BCUT2D eigenvalue weighted by atomic mass is 19.1. The SMILES string of the molecule is C#C[C@H](F)C(N)C=O. The Labute approximate surface area is 46.9 Å². The van der Waals surface area contributed by atoms with Crippen LogP contribution in [0.4, 0.5) is 4.39 Å². The molecule has 2 N–H and O–H groups in total. The highest BCUT2D eigenvalue weighted by Gasteiger charge is 2.10. The van der Waals surface area contributed by atoms with Gasteiger partial charge in [0, 0.05) is 0 Å². The van der Waals surface area contributed by atoms with Crippen molar-refractivity contribution in [3.63, 3.8) is 0 Å². The van der Waals surface area contributed by atoms with E-state index >= 15 is 0 Å². The molecule has 0 saturated carbocycles. The summed E-state index contributed by atoms with van der Waals surface area (Å²) in [6.07, 6.45) is 3.22. The van der Waals surface area contributed by atoms with Crippen molar-refractivity contribution < 1.29 is 9.18 Å². The van der Waals surface area contributed by atoms with Crippen molar-refractivity contribution in [2.45, 2.75) is 12.2 Å². The van der Waals surface area contributed by atoms with Gasteiger partial charge in [-0.2, -0.15) is 0 Å². The minimum absolute atomic E-state index is 0.282. The van der Waals surface area contributed by atoms with Crippen LogP contribution in [0.1, 0.15) is 0 Å². The van der Waals surface area contributed by atoms with E-state index in [1.54, 1.807) is 5.92 Å². The van der Waals surface area contributed by atoms with E-state index in [0.29, 0.717) is 0 Å². The smallest absolute Gasteiger partial charge is 0.182 e. The molecule has 0 aromatic heterocycles. The van der Waals surface area contributed by atoms with Crippen LogP contribution in [0, 0.1) is 12.3 Å². The van der Waals surface area contributed by atoms with Crippen molar-refractivity contribution in [1.82, 2.24) is 0 Å². The molecule has 44 valence electrons. The lowest BCUT2D eigenvalue weighted by atomic mass is 10.2. The lowest BCUT2D eigenvalue weighted by Gasteiger charge is -2.00. The molecule has 0 aliphatic carbocycles. The van der Waals surface area contributed by atoms with Gasteiger partial charge in [0.1, 0.15) is 12.3 Å². The number of carbonyl (C=O) groups is 1. The quantitative estimate of drug-likeness (QED) is 0.389. The fraction of sp³-hybridized carbons (Fsp3) is 0.400. The molecular formula is C5H6FNO. The van der Waals surface area contributed by atoms with Crippen molar-refractivity contribution in [2.75, 3.05) is 0 Å². The molecule has 2 nitrogen and oxygen atoms in total. The third-order valence-corrected chi connectivity index (χ3v) is 0.654. The van der Waals surface area contributed by atoms with Crippen LogP contribution in [0.15, 0.2) is 0 Å². The second kappa shape index (κ2) is 3.16. The summed E-state index contributed by atoms with van der Waals surface area (Å²) in [6, 6.07) is -1.17. The highest BCUT2D eigenvalue weighted by molar-refractivity contribution is 5.59. The number of hydrogen-bond acceptors (Lipinski definition) is 2. The molecule has 0 aliphatic rings. The highest BCUT2D eigenvalue weighted by Crippen LogP contribution is 1.89. The molecule has 3 heteroatoms. The van der Waals surface area contributed by atoms with E-state index in [1.807, 2.05) is 0 Å². The average Bonchev–Trinajstić information content (AvgIpc) is 1.84. The van der Waals surface area contributed by atoms with Crippen molar-refractivity contribution in [3.05, 3.63) is 0 Å². The molecular weight excluding hydrogens is 109 g/mol. The summed E-state index contributed by atoms with van der Waals surface area (Å²) >= 11 is 0. The predicted molar refractivity (Wildman–Crippen MR) is 27.8 cm³/mol. The number of alkyl halides is 1. The number of hydrogen-bond donors (Lipinski definition) is 1. The molecule has 0 aliphatic heterocycles. The Kier molecular flexibility index (Phi) is 2.82. The second-order valence-electron chi connectivity index (χ2n) is 1.28. The lowest BCUT2D eigenvalue weighted by Crippen LogP contribution is -2.31. The normalized spacial score (nSPS) is 16.1. The third-order valence-electron chi connectivity index (χ3n) is 0.654. The van der Waals surface area contributed by atoms with E-state index in [9.17, 15) is 9.18 Å². The molecule has 0 heterocycles. The zero-order valence-corrected chi connectivity index (χ0v) is 4.17. The molecule has 0 aromatic carbocycles. The maximum absolute atomic E-state index is 11.9. The van der Waals surface area contributed by atoms with Crippen LogP contribution < -0.4 is 5.73 Å². The van der Waals surface area contributed by atoms with Crippen molar-refractivity contribution in [3.8, 4) is 12.3 Å². The number of aldehydes is 1. The number of rotatable bonds is 2. The second-order valence-corrected chi connectivity index (χ2v) is 1.28. The number of halogens is 1. The van der Waals surface area contributed by atoms with Crippen LogP contribution in [0.25, 0.3) is 0 Å². The van der Waals surface area contributed by atoms with E-state index in [4.69, 9.17) is 5.73 Å². The van der Waals surface area contributed by atoms with Gasteiger partial charge >= 0.3 is 0 Å². The van der Waals surface area contributed by atoms with Crippen molar-refractivity contribution in [1.29, 1.82) is 0 Å². The van der Waals surface area contributed by atoms with Gasteiger partial charge in [-0.1, -0.05) is 5.92 Å². The maximum atomic E-state index is 11.9. The standard InChI is InChI=1S/C5H6FNO/c1-2-4(6)5(7)3-8/h1,3-5H,7H2/t4-,5?/m0/s1. The summed E-state index contributed by atoms with van der Waals surface area (Å²) in [6.45, 7) is 0. The Morgan fingerprint density at radius 2 is 2.38 bits per heavy atom. The Hall–Kier alpha value is -0.880. The summed E-state index contributed by atoms with van der Waals surface area (Å²) in [4.78, 5) is 9.64. The average molecular weight is 115 g/mol. The maximum Gasteiger partial charge on any atom is 0.182 e. The van der Waals surface area contributed by atoms with E-state index in [-0.39, 0.29) is 6.29 Å². The first-order valence-corrected chi connectivity index (χ1v) is 2.03. The molecule has 1 unspecified atom stereocenters. The molecule has 2 atom stereocenters.